The largest absolute Gasteiger partial charge is 0.507 e. The van der Waals surface area contributed by atoms with Gasteiger partial charge in [0, 0.05) is 19.2 Å². The number of nitrogens with zero attached hydrogens (tertiary/aromatic N) is 1. The first-order valence-electron chi connectivity index (χ1n) is 10.5. The van der Waals surface area contributed by atoms with Crippen LogP contribution in [0.15, 0.2) is 48.0 Å². The summed E-state index contributed by atoms with van der Waals surface area (Å²) in [7, 11) is 1.50. The van der Waals surface area contributed by atoms with Crippen molar-refractivity contribution in [3.8, 4) is 5.75 Å². The lowest BCUT2D eigenvalue weighted by atomic mass is 9.94. The molecule has 0 radical (unpaired) electrons. The summed E-state index contributed by atoms with van der Waals surface area (Å²) < 4.78 is 24.4. The SMILES string of the molecule is COCCN1C(=O)C(=O)/C(=C(/O)c2ccc(OCC(C)C)c(C)c2)[C@H]1c1ccc(F)cc1. The standard InChI is InChI=1S/C25H28FNO5/c1-15(2)14-32-20-10-7-18(13-16(20)3)23(28)21-22(17-5-8-19(26)9-6-17)27(11-12-31-4)25(30)24(21)29/h5-10,13,15,22,28H,11-12,14H2,1-4H3/b23-21+/t22-/m1/s1. The van der Waals surface area contributed by atoms with Crippen molar-refractivity contribution in [2.75, 3.05) is 26.9 Å². The third kappa shape index (κ3) is 4.83. The van der Waals surface area contributed by atoms with Crippen molar-refractivity contribution < 1.29 is 28.6 Å². The molecule has 0 saturated carbocycles. The van der Waals surface area contributed by atoms with Crippen molar-refractivity contribution in [3.05, 3.63) is 70.5 Å². The molecule has 1 heterocycles. The summed E-state index contributed by atoms with van der Waals surface area (Å²) in [6, 6.07) is 9.80. The molecule has 2 aromatic rings. The third-order valence-electron chi connectivity index (χ3n) is 5.28. The minimum atomic E-state index is -0.845. The molecule has 3 rings (SSSR count). The number of methoxy groups -OCH3 is 1. The second-order valence-electron chi connectivity index (χ2n) is 8.22. The molecule has 0 bridgehead atoms. The van der Waals surface area contributed by atoms with Crippen LogP contribution in [0.2, 0.25) is 0 Å². The molecule has 1 aliphatic rings. The molecular weight excluding hydrogens is 413 g/mol. The van der Waals surface area contributed by atoms with Gasteiger partial charge in [-0.2, -0.15) is 0 Å². The fourth-order valence-corrected chi connectivity index (χ4v) is 3.66. The Labute approximate surface area is 187 Å². The number of aliphatic hydroxyl groups is 1. The van der Waals surface area contributed by atoms with Crippen LogP contribution in [0.1, 0.15) is 36.6 Å². The molecule has 0 unspecified atom stereocenters. The molecule has 0 aromatic heterocycles. The number of likely N-dealkylation sites (tertiary alicyclic amines) is 1. The van der Waals surface area contributed by atoms with Crippen molar-refractivity contribution in [1.29, 1.82) is 0 Å². The number of ether oxygens (including phenoxy) is 2. The van der Waals surface area contributed by atoms with E-state index in [0.717, 1.165) is 5.56 Å². The number of hydrogen-bond donors (Lipinski definition) is 1. The normalized spacial score (nSPS) is 17.9. The van der Waals surface area contributed by atoms with E-state index in [1.54, 1.807) is 18.2 Å². The van der Waals surface area contributed by atoms with Crippen LogP contribution in [0.25, 0.3) is 5.76 Å². The van der Waals surface area contributed by atoms with E-state index in [1.165, 1.54) is 36.3 Å². The maximum absolute atomic E-state index is 13.5. The molecule has 1 amide bonds. The van der Waals surface area contributed by atoms with Gasteiger partial charge in [-0.1, -0.05) is 26.0 Å². The number of aliphatic hydroxyl groups excluding tert-OH is 1. The van der Waals surface area contributed by atoms with E-state index in [2.05, 4.69) is 0 Å². The molecule has 1 atom stereocenters. The Balaban J connectivity index is 2.06. The highest BCUT2D eigenvalue weighted by Crippen LogP contribution is 2.39. The molecule has 1 saturated heterocycles. The number of aryl methyl sites for hydroxylation is 1. The summed E-state index contributed by atoms with van der Waals surface area (Å²) in [6.45, 7) is 6.87. The first-order chi connectivity index (χ1) is 15.2. The molecular formula is C25H28FNO5. The zero-order valence-electron chi connectivity index (χ0n) is 18.7. The highest BCUT2D eigenvalue weighted by atomic mass is 19.1. The number of hydrogen-bond acceptors (Lipinski definition) is 5. The molecule has 0 aliphatic carbocycles. The molecule has 170 valence electrons. The summed E-state index contributed by atoms with van der Waals surface area (Å²) in [5, 5.41) is 11.1. The van der Waals surface area contributed by atoms with Gasteiger partial charge in [-0.05, 0) is 54.3 Å². The molecule has 0 spiro atoms. The molecule has 1 N–H and O–H groups in total. The Morgan fingerprint density at radius 1 is 1.16 bits per heavy atom. The average Bonchev–Trinajstić information content (AvgIpc) is 3.01. The highest BCUT2D eigenvalue weighted by molar-refractivity contribution is 6.46. The van der Waals surface area contributed by atoms with E-state index in [0.29, 0.717) is 29.4 Å². The van der Waals surface area contributed by atoms with Crippen molar-refractivity contribution in [2.24, 2.45) is 5.92 Å². The number of ketones is 1. The molecule has 6 nitrogen and oxygen atoms in total. The lowest BCUT2D eigenvalue weighted by Crippen LogP contribution is -2.32. The number of rotatable bonds is 8. The molecule has 2 aromatic carbocycles. The number of Topliss-reactive ketones (excluding diaryl/α,β-unsaturated/α-hetero) is 1. The smallest absolute Gasteiger partial charge is 0.295 e. The third-order valence-corrected chi connectivity index (χ3v) is 5.28. The van der Waals surface area contributed by atoms with E-state index in [9.17, 15) is 19.1 Å². The minimum absolute atomic E-state index is 0.0343. The number of carbonyl (C=O) groups excluding carboxylic acids is 2. The van der Waals surface area contributed by atoms with Crippen LogP contribution in [-0.2, 0) is 14.3 Å². The van der Waals surface area contributed by atoms with Crippen molar-refractivity contribution in [2.45, 2.75) is 26.8 Å². The quantitative estimate of drug-likeness (QED) is 0.377. The van der Waals surface area contributed by atoms with E-state index in [1.807, 2.05) is 20.8 Å². The monoisotopic (exact) mass is 441 g/mol. The van der Waals surface area contributed by atoms with Crippen LogP contribution in [0.3, 0.4) is 0 Å². The van der Waals surface area contributed by atoms with Gasteiger partial charge >= 0.3 is 0 Å². The zero-order valence-corrected chi connectivity index (χ0v) is 18.7. The molecule has 7 heteroatoms. The predicted molar refractivity (Wildman–Crippen MR) is 119 cm³/mol. The maximum Gasteiger partial charge on any atom is 0.295 e. The van der Waals surface area contributed by atoms with Crippen LogP contribution in [0.5, 0.6) is 5.75 Å². The van der Waals surface area contributed by atoms with Gasteiger partial charge in [0.25, 0.3) is 11.7 Å². The maximum atomic E-state index is 13.5. The fraction of sp³-hybridized carbons (Fsp3) is 0.360. The minimum Gasteiger partial charge on any atom is -0.507 e. The Hall–Kier alpha value is -3.19. The van der Waals surface area contributed by atoms with E-state index >= 15 is 0 Å². The second kappa shape index (κ2) is 9.96. The summed E-state index contributed by atoms with van der Waals surface area (Å²) in [5.74, 6) is -1.18. The van der Waals surface area contributed by atoms with Crippen LogP contribution in [0, 0.1) is 18.7 Å². The van der Waals surface area contributed by atoms with E-state index in [-0.39, 0.29) is 24.5 Å². The van der Waals surface area contributed by atoms with Gasteiger partial charge in [0.05, 0.1) is 24.8 Å². The van der Waals surface area contributed by atoms with Crippen LogP contribution >= 0.6 is 0 Å². The number of benzene rings is 2. The van der Waals surface area contributed by atoms with E-state index < -0.39 is 23.5 Å². The first-order valence-corrected chi connectivity index (χ1v) is 10.5. The van der Waals surface area contributed by atoms with Gasteiger partial charge < -0.3 is 19.5 Å². The molecule has 32 heavy (non-hydrogen) atoms. The van der Waals surface area contributed by atoms with Crippen LogP contribution in [-0.4, -0.2) is 48.6 Å². The fourth-order valence-electron chi connectivity index (χ4n) is 3.66. The number of carbonyl (C=O) groups is 2. The summed E-state index contributed by atoms with van der Waals surface area (Å²) in [6.07, 6.45) is 0. The molecule has 1 fully saturated rings. The lowest BCUT2D eigenvalue weighted by molar-refractivity contribution is -0.140. The van der Waals surface area contributed by atoms with Crippen molar-refractivity contribution in [3.63, 3.8) is 0 Å². The summed E-state index contributed by atoms with van der Waals surface area (Å²) in [4.78, 5) is 27.0. The second-order valence-corrected chi connectivity index (χ2v) is 8.22. The van der Waals surface area contributed by atoms with Crippen molar-refractivity contribution in [1.82, 2.24) is 4.90 Å². The Kier molecular flexibility index (Phi) is 7.30. The van der Waals surface area contributed by atoms with Gasteiger partial charge in [-0.3, -0.25) is 9.59 Å². The van der Waals surface area contributed by atoms with Gasteiger partial charge in [-0.25, -0.2) is 4.39 Å². The summed E-state index contributed by atoms with van der Waals surface area (Å²) in [5.41, 5.74) is 1.68. The van der Waals surface area contributed by atoms with Gasteiger partial charge in [0.2, 0.25) is 0 Å². The van der Waals surface area contributed by atoms with Gasteiger partial charge in [-0.15, -0.1) is 0 Å². The average molecular weight is 441 g/mol. The van der Waals surface area contributed by atoms with Crippen LogP contribution < -0.4 is 4.74 Å². The molecule has 1 aliphatic heterocycles. The van der Waals surface area contributed by atoms with Crippen molar-refractivity contribution >= 4 is 17.4 Å². The highest BCUT2D eigenvalue weighted by Gasteiger charge is 2.45. The first kappa shape index (κ1) is 23.5. The Morgan fingerprint density at radius 3 is 2.44 bits per heavy atom. The van der Waals surface area contributed by atoms with Crippen LogP contribution in [0.4, 0.5) is 4.39 Å². The van der Waals surface area contributed by atoms with Gasteiger partial charge in [0.15, 0.2) is 0 Å². The predicted octanol–water partition coefficient (Wildman–Crippen LogP) is 4.24. The Morgan fingerprint density at radius 2 is 1.84 bits per heavy atom. The van der Waals surface area contributed by atoms with Gasteiger partial charge in [0.1, 0.15) is 17.3 Å². The zero-order chi connectivity index (χ0) is 23.4. The lowest BCUT2D eigenvalue weighted by Gasteiger charge is -2.25. The van der Waals surface area contributed by atoms with E-state index in [4.69, 9.17) is 9.47 Å². The Bertz CT molecular complexity index is 1030. The number of halogens is 1. The summed E-state index contributed by atoms with van der Waals surface area (Å²) >= 11 is 0. The topological polar surface area (TPSA) is 76.1 Å². The number of amides is 1.